The number of esters is 1. The molecule has 106 valence electrons. The lowest BCUT2D eigenvalue weighted by molar-refractivity contribution is -0.142. The zero-order valence-corrected chi connectivity index (χ0v) is 11.2. The van der Waals surface area contributed by atoms with Gasteiger partial charge in [0.25, 0.3) is 0 Å². The summed E-state index contributed by atoms with van der Waals surface area (Å²) in [6.45, 7) is 1.33. The third kappa shape index (κ3) is 5.52. The standard InChI is InChI=1S/C12H19N3O4/c1-18-9-8-14(7-4-12(17)19-2)11(16)10-15-6-3-5-13-15/h3,5-6H,4,7-10H2,1-2H3. The van der Waals surface area contributed by atoms with Crippen LogP contribution in [0.15, 0.2) is 18.5 Å². The number of nitrogens with zero attached hydrogens (tertiary/aromatic N) is 3. The molecule has 0 aliphatic rings. The van der Waals surface area contributed by atoms with Crippen molar-refractivity contribution in [2.75, 3.05) is 33.9 Å². The van der Waals surface area contributed by atoms with Crippen molar-refractivity contribution in [3.63, 3.8) is 0 Å². The first-order valence-corrected chi connectivity index (χ1v) is 5.98. The van der Waals surface area contributed by atoms with E-state index in [9.17, 15) is 9.59 Å². The van der Waals surface area contributed by atoms with Gasteiger partial charge in [0.15, 0.2) is 0 Å². The molecule has 1 aromatic rings. The van der Waals surface area contributed by atoms with E-state index < -0.39 is 0 Å². The van der Waals surface area contributed by atoms with Gasteiger partial charge < -0.3 is 14.4 Å². The van der Waals surface area contributed by atoms with Crippen LogP contribution in [0.25, 0.3) is 0 Å². The molecule has 1 heterocycles. The number of rotatable bonds is 8. The molecule has 0 bridgehead atoms. The second-order valence-electron chi connectivity index (χ2n) is 3.90. The van der Waals surface area contributed by atoms with Gasteiger partial charge in [-0.3, -0.25) is 14.3 Å². The molecule has 0 aromatic carbocycles. The first kappa shape index (κ1) is 15.2. The maximum atomic E-state index is 12.1. The Morgan fingerprint density at radius 1 is 1.32 bits per heavy atom. The molecule has 0 saturated heterocycles. The number of methoxy groups -OCH3 is 2. The molecule has 19 heavy (non-hydrogen) atoms. The van der Waals surface area contributed by atoms with Crippen molar-refractivity contribution in [3.05, 3.63) is 18.5 Å². The third-order valence-electron chi connectivity index (χ3n) is 2.59. The van der Waals surface area contributed by atoms with Crippen molar-refractivity contribution in [2.45, 2.75) is 13.0 Å². The zero-order chi connectivity index (χ0) is 14.1. The third-order valence-corrected chi connectivity index (χ3v) is 2.59. The van der Waals surface area contributed by atoms with E-state index in [1.165, 1.54) is 7.11 Å². The van der Waals surface area contributed by atoms with Crippen LogP contribution in [0.2, 0.25) is 0 Å². The van der Waals surface area contributed by atoms with Crippen molar-refractivity contribution in [1.29, 1.82) is 0 Å². The highest BCUT2D eigenvalue weighted by Crippen LogP contribution is 1.98. The molecule has 0 fully saturated rings. The molecule has 1 amide bonds. The summed E-state index contributed by atoms with van der Waals surface area (Å²) in [5, 5.41) is 3.98. The Labute approximate surface area is 112 Å². The van der Waals surface area contributed by atoms with Gasteiger partial charge in [-0.2, -0.15) is 5.10 Å². The van der Waals surface area contributed by atoms with Crippen LogP contribution in [0.3, 0.4) is 0 Å². The van der Waals surface area contributed by atoms with Crippen LogP contribution in [-0.2, 0) is 25.6 Å². The smallest absolute Gasteiger partial charge is 0.307 e. The Balaban J connectivity index is 2.51. The second-order valence-corrected chi connectivity index (χ2v) is 3.90. The van der Waals surface area contributed by atoms with E-state index in [0.717, 1.165) is 0 Å². The lowest BCUT2D eigenvalue weighted by Crippen LogP contribution is -2.38. The fraction of sp³-hybridized carbons (Fsp3) is 0.583. The molecule has 1 aromatic heterocycles. The molecule has 0 spiro atoms. The molecule has 0 aliphatic carbocycles. The first-order valence-electron chi connectivity index (χ1n) is 5.98. The predicted molar refractivity (Wildman–Crippen MR) is 67.3 cm³/mol. The van der Waals surface area contributed by atoms with E-state index in [2.05, 4.69) is 9.84 Å². The molecule has 7 heteroatoms. The average Bonchev–Trinajstić information content (AvgIpc) is 2.91. The fourth-order valence-corrected chi connectivity index (χ4v) is 1.52. The van der Waals surface area contributed by atoms with E-state index in [1.807, 2.05) is 0 Å². The Kier molecular flexibility index (Phi) is 6.59. The zero-order valence-electron chi connectivity index (χ0n) is 11.2. The van der Waals surface area contributed by atoms with Gasteiger partial charge in [0.1, 0.15) is 6.54 Å². The van der Waals surface area contributed by atoms with E-state index in [0.29, 0.717) is 19.7 Å². The topological polar surface area (TPSA) is 73.7 Å². The van der Waals surface area contributed by atoms with Gasteiger partial charge in [-0.1, -0.05) is 0 Å². The van der Waals surface area contributed by atoms with Gasteiger partial charge in [-0.05, 0) is 6.07 Å². The molecule has 0 saturated carbocycles. The number of carbonyl (C=O) groups is 2. The Hall–Kier alpha value is -1.89. The van der Waals surface area contributed by atoms with Gasteiger partial charge in [0.05, 0.1) is 20.1 Å². The summed E-state index contributed by atoms with van der Waals surface area (Å²) in [5.41, 5.74) is 0. The van der Waals surface area contributed by atoms with Crippen LogP contribution >= 0.6 is 0 Å². The molecule has 0 aliphatic heterocycles. The lowest BCUT2D eigenvalue weighted by Gasteiger charge is -2.21. The maximum Gasteiger partial charge on any atom is 0.307 e. The van der Waals surface area contributed by atoms with Crippen LogP contribution in [0.4, 0.5) is 0 Å². The minimum atomic E-state index is -0.339. The Morgan fingerprint density at radius 2 is 2.11 bits per heavy atom. The van der Waals surface area contributed by atoms with E-state index in [4.69, 9.17) is 4.74 Å². The van der Waals surface area contributed by atoms with Crippen LogP contribution in [0, 0.1) is 0 Å². The van der Waals surface area contributed by atoms with Crippen LogP contribution in [-0.4, -0.2) is 60.5 Å². The van der Waals surface area contributed by atoms with Gasteiger partial charge in [0, 0.05) is 32.6 Å². The van der Waals surface area contributed by atoms with Crippen LogP contribution < -0.4 is 0 Å². The number of aromatic nitrogens is 2. The molecule has 0 atom stereocenters. The minimum absolute atomic E-state index is 0.107. The molecular formula is C12H19N3O4. The van der Waals surface area contributed by atoms with Crippen molar-refractivity contribution in [3.8, 4) is 0 Å². The quantitative estimate of drug-likeness (QED) is 0.617. The largest absolute Gasteiger partial charge is 0.469 e. The molecule has 0 radical (unpaired) electrons. The summed E-state index contributed by atoms with van der Waals surface area (Å²) in [7, 11) is 2.89. The highest BCUT2D eigenvalue weighted by Gasteiger charge is 2.15. The molecular weight excluding hydrogens is 250 g/mol. The summed E-state index contributed by atoms with van der Waals surface area (Å²) < 4.78 is 11.1. The van der Waals surface area contributed by atoms with Gasteiger partial charge >= 0.3 is 5.97 Å². The van der Waals surface area contributed by atoms with Crippen molar-refractivity contribution >= 4 is 11.9 Å². The molecule has 7 nitrogen and oxygen atoms in total. The Bertz CT molecular complexity index is 392. The summed E-state index contributed by atoms with van der Waals surface area (Å²) in [6, 6.07) is 1.75. The lowest BCUT2D eigenvalue weighted by atomic mass is 10.3. The van der Waals surface area contributed by atoms with Crippen molar-refractivity contribution < 1.29 is 19.1 Å². The molecule has 0 unspecified atom stereocenters. The van der Waals surface area contributed by atoms with Gasteiger partial charge in [-0.25, -0.2) is 0 Å². The highest BCUT2D eigenvalue weighted by atomic mass is 16.5. The van der Waals surface area contributed by atoms with E-state index >= 15 is 0 Å². The summed E-state index contributed by atoms with van der Waals surface area (Å²) in [6.07, 6.45) is 3.50. The summed E-state index contributed by atoms with van der Waals surface area (Å²) in [5.74, 6) is -0.445. The Morgan fingerprint density at radius 3 is 2.68 bits per heavy atom. The van der Waals surface area contributed by atoms with Crippen LogP contribution in [0.5, 0.6) is 0 Å². The maximum absolute atomic E-state index is 12.1. The van der Waals surface area contributed by atoms with Gasteiger partial charge in [-0.15, -0.1) is 0 Å². The second kappa shape index (κ2) is 8.25. The minimum Gasteiger partial charge on any atom is -0.469 e. The predicted octanol–water partition coefficient (Wildman–Crippen LogP) is -0.0788. The van der Waals surface area contributed by atoms with Crippen molar-refractivity contribution in [2.24, 2.45) is 0 Å². The average molecular weight is 269 g/mol. The van der Waals surface area contributed by atoms with E-state index in [1.54, 1.807) is 35.2 Å². The van der Waals surface area contributed by atoms with E-state index in [-0.39, 0.29) is 24.8 Å². The number of hydrogen-bond acceptors (Lipinski definition) is 5. The van der Waals surface area contributed by atoms with Crippen molar-refractivity contribution in [1.82, 2.24) is 14.7 Å². The van der Waals surface area contributed by atoms with Crippen LogP contribution in [0.1, 0.15) is 6.42 Å². The normalized spacial score (nSPS) is 10.2. The fourth-order valence-electron chi connectivity index (χ4n) is 1.52. The number of carbonyl (C=O) groups excluding carboxylic acids is 2. The summed E-state index contributed by atoms with van der Waals surface area (Å²) in [4.78, 5) is 24.8. The molecule has 1 rings (SSSR count). The number of amides is 1. The summed E-state index contributed by atoms with van der Waals surface area (Å²) >= 11 is 0. The van der Waals surface area contributed by atoms with Gasteiger partial charge in [0.2, 0.25) is 5.91 Å². The first-order chi connectivity index (χ1) is 9.17. The molecule has 0 N–H and O–H groups in total. The SMILES string of the molecule is COCCN(CCC(=O)OC)C(=O)Cn1cccn1. The highest BCUT2D eigenvalue weighted by molar-refractivity contribution is 5.77. The monoisotopic (exact) mass is 269 g/mol. The number of hydrogen-bond donors (Lipinski definition) is 0. The number of ether oxygens (including phenoxy) is 2.